The van der Waals surface area contributed by atoms with Gasteiger partial charge in [-0.2, -0.15) is 0 Å². The van der Waals surface area contributed by atoms with Crippen LogP contribution in [-0.4, -0.2) is 42.3 Å². The van der Waals surface area contributed by atoms with Crippen molar-refractivity contribution in [2.75, 3.05) is 13.2 Å². The minimum atomic E-state index is -0.00484. The Bertz CT molecular complexity index is 302. The molecule has 2 rings (SSSR count). The molecule has 0 radical (unpaired) electrons. The Morgan fingerprint density at radius 2 is 2.22 bits per heavy atom. The van der Waals surface area contributed by atoms with Gasteiger partial charge in [-0.05, 0) is 26.2 Å². The van der Waals surface area contributed by atoms with Crippen LogP contribution in [0.5, 0.6) is 0 Å². The van der Waals surface area contributed by atoms with Gasteiger partial charge in [0.2, 0.25) is 5.91 Å². The van der Waals surface area contributed by atoms with Crippen LogP contribution in [0.15, 0.2) is 0 Å². The number of amides is 1. The summed E-state index contributed by atoms with van der Waals surface area (Å²) >= 11 is 0. The van der Waals surface area contributed by atoms with Gasteiger partial charge in [0.1, 0.15) is 0 Å². The van der Waals surface area contributed by atoms with Crippen molar-refractivity contribution in [1.29, 1.82) is 0 Å². The summed E-state index contributed by atoms with van der Waals surface area (Å²) in [7, 11) is 0. The first-order valence-corrected chi connectivity index (χ1v) is 7.22. The molecule has 2 fully saturated rings. The van der Waals surface area contributed by atoms with E-state index < -0.39 is 0 Å². The molecule has 2 saturated heterocycles. The van der Waals surface area contributed by atoms with Crippen molar-refractivity contribution < 1.29 is 9.53 Å². The molecule has 0 spiro atoms. The lowest BCUT2D eigenvalue weighted by molar-refractivity contribution is -0.133. The first kappa shape index (κ1) is 13.8. The molecule has 0 aromatic rings. The summed E-state index contributed by atoms with van der Waals surface area (Å²) in [4.78, 5) is 14.6. The Morgan fingerprint density at radius 3 is 2.78 bits per heavy atom. The number of hydrogen-bond donors (Lipinski definition) is 1. The second-order valence-electron chi connectivity index (χ2n) is 5.82. The van der Waals surface area contributed by atoms with Crippen LogP contribution >= 0.6 is 0 Å². The molecule has 18 heavy (non-hydrogen) atoms. The van der Waals surface area contributed by atoms with Crippen LogP contribution < -0.4 is 5.32 Å². The highest BCUT2D eigenvalue weighted by molar-refractivity contribution is 5.84. The zero-order valence-electron chi connectivity index (χ0n) is 12.0. The third-order valence-corrected chi connectivity index (χ3v) is 4.66. The molecule has 0 aliphatic carbocycles. The van der Waals surface area contributed by atoms with Gasteiger partial charge in [0.15, 0.2) is 0 Å². The van der Waals surface area contributed by atoms with E-state index >= 15 is 0 Å². The fourth-order valence-electron chi connectivity index (χ4n) is 3.12. The van der Waals surface area contributed by atoms with E-state index in [9.17, 15) is 4.79 Å². The topological polar surface area (TPSA) is 41.6 Å². The van der Waals surface area contributed by atoms with Crippen molar-refractivity contribution in [3.05, 3.63) is 0 Å². The number of nitrogens with zero attached hydrogens (tertiary/aromatic N) is 1. The largest absolute Gasteiger partial charge is 0.381 e. The Labute approximate surface area is 110 Å². The average molecular weight is 254 g/mol. The molecule has 1 amide bonds. The molecular weight excluding hydrogens is 228 g/mol. The van der Waals surface area contributed by atoms with Gasteiger partial charge in [-0.3, -0.25) is 10.1 Å². The molecule has 2 heterocycles. The van der Waals surface area contributed by atoms with Gasteiger partial charge in [-0.15, -0.1) is 0 Å². The average Bonchev–Trinajstić information content (AvgIpc) is 2.96. The lowest BCUT2D eigenvalue weighted by atomic mass is 9.96. The van der Waals surface area contributed by atoms with Gasteiger partial charge >= 0.3 is 0 Å². The Hall–Kier alpha value is -0.610. The molecule has 4 heteroatoms. The second-order valence-corrected chi connectivity index (χ2v) is 5.82. The van der Waals surface area contributed by atoms with Crippen molar-refractivity contribution in [2.45, 2.75) is 58.8 Å². The summed E-state index contributed by atoms with van der Waals surface area (Å²) in [6, 6.07) is 0.270. The summed E-state index contributed by atoms with van der Waals surface area (Å²) in [5.41, 5.74) is 0. The maximum atomic E-state index is 12.5. The zero-order chi connectivity index (χ0) is 13.3. The zero-order valence-corrected chi connectivity index (χ0v) is 12.0. The van der Waals surface area contributed by atoms with E-state index in [0.29, 0.717) is 11.8 Å². The SMILES string of the molecule is CCC(C)C1NC(C)N(C(C)C2CCOC2)C1=O. The van der Waals surface area contributed by atoms with Crippen LogP contribution in [0.25, 0.3) is 0 Å². The molecule has 5 unspecified atom stereocenters. The van der Waals surface area contributed by atoms with Crippen LogP contribution in [0.4, 0.5) is 0 Å². The van der Waals surface area contributed by atoms with Crippen molar-refractivity contribution in [1.82, 2.24) is 10.2 Å². The monoisotopic (exact) mass is 254 g/mol. The fraction of sp³-hybridized carbons (Fsp3) is 0.929. The van der Waals surface area contributed by atoms with Gasteiger partial charge in [0, 0.05) is 18.6 Å². The normalized spacial score (nSPS) is 36.1. The number of carbonyl (C=O) groups is 1. The minimum Gasteiger partial charge on any atom is -0.381 e. The van der Waals surface area contributed by atoms with Gasteiger partial charge in [-0.1, -0.05) is 20.3 Å². The molecule has 2 aliphatic heterocycles. The van der Waals surface area contributed by atoms with Gasteiger partial charge in [-0.25, -0.2) is 0 Å². The molecule has 0 saturated carbocycles. The van der Waals surface area contributed by atoms with E-state index in [-0.39, 0.29) is 24.2 Å². The Kier molecular flexibility index (Phi) is 4.28. The molecule has 0 bridgehead atoms. The van der Waals surface area contributed by atoms with Gasteiger partial charge < -0.3 is 9.64 Å². The molecule has 5 atom stereocenters. The Morgan fingerprint density at radius 1 is 1.50 bits per heavy atom. The first-order chi connectivity index (χ1) is 8.56. The van der Waals surface area contributed by atoms with Gasteiger partial charge in [0.05, 0.1) is 18.8 Å². The van der Waals surface area contributed by atoms with Crippen LogP contribution in [-0.2, 0) is 9.53 Å². The number of carbonyl (C=O) groups excluding carboxylic acids is 1. The van der Waals surface area contributed by atoms with Crippen LogP contribution in [0.1, 0.15) is 40.5 Å². The summed E-state index contributed by atoms with van der Waals surface area (Å²) in [5.74, 6) is 1.17. The number of rotatable bonds is 4. The summed E-state index contributed by atoms with van der Waals surface area (Å²) in [6.07, 6.45) is 2.25. The van der Waals surface area contributed by atoms with E-state index in [1.807, 2.05) is 4.90 Å². The van der Waals surface area contributed by atoms with Crippen LogP contribution in [0.2, 0.25) is 0 Å². The first-order valence-electron chi connectivity index (χ1n) is 7.22. The van der Waals surface area contributed by atoms with E-state index in [2.05, 4.69) is 33.0 Å². The molecular formula is C14H26N2O2. The van der Waals surface area contributed by atoms with E-state index in [1.165, 1.54) is 0 Å². The standard InChI is InChI=1S/C14H26N2O2/c1-5-9(2)13-14(17)16(11(4)15-13)10(3)12-6-7-18-8-12/h9-13,15H,5-8H2,1-4H3. The third-order valence-electron chi connectivity index (χ3n) is 4.66. The van der Waals surface area contributed by atoms with Crippen molar-refractivity contribution in [3.8, 4) is 0 Å². The highest BCUT2D eigenvalue weighted by atomic mass is 16.5. The molecule has 104 valence electrons. The quantitative estimate of drug-likeness (QED) is 0.828. The van der Waals surface area contributed by atoms with E-state index in [0.717, 1.165) is 26.1 Å². The Balaban J connectivity index is 2.06. The molecule has 2 aliphatic rings. The summed E-state index contributed by atoms with van der Waals surface area (Å²) < 4.78 is 5.45. The lowest BCUT2D eigenvalue weighted by Gasteiger charge is -2.32. The van der Waals surface area contributed by atoms with Crippen molar-refractivity contribution in [3.63, 3.8) is 0 Å². The highest BCUT2D eigenvalue weighted by Gasteiger charge is 2.43. The van der Waals surface area contributed by atoms with Crippen LogP contribution in [0.3, 0.4) is 0 Å². The summed E-state index contributed by atoms with van der Waals surface area (Å²) in [6.45, 7) is 10.2. The number of nitrogens with one attached hydrogen (secondary N) is 1. The maximum absolute atomic E-state index is 12.5. The second kappa shape index (κ2) is 5.57. The summed E-state index contributed by atoms with van der Waals surface area (Å²) in [5, 5.41) is 3.44. The molecule has 1 N–H and O–H groups in total. The highest BCUT2D eigenvalue weighted by Crippen LogP contribution is 2.27. The van der Waals surface area contributed by atoms with Crippen molar-refractivity contribution >= 4 is 5.91 Å². The predicted octanol–water partition coefficient (Wildman–Crippen LogP) is 1.60. The van der Waals surface area contributed by atoms with Crippen molar-refractivity contribution in [2.24, 2.45) is 11.8 Å². The fourth-order valence-corrected chi connectivity index (χ4v) is 3.12. The lowest BCUT2D eigenvalue weighted by Crippen LogP contribution is -2.45. The number of hydrogen-bond acceptors (Lipinski definition) is 3. The van der Waals surface area contributed by atoms with E-state index in [4.69, 9.17) is 4.74 Å². The minimum absolute atomic E-state index is 0.00484. The molecule has 4 nitrogen and oxygen atoms in total. The van der Waals surface area contributed by atoms with E-state index in [1.54, 1.807) is 0 Å². The van der Waals surface area contributed by atoms with Gasteiger partial charge in [0.25, 0.3) is 0 Å². The molecule has 0 aromatic carbocycles. The smallest absolute Gasteiger partial charge is 0.241 e. The predicted molar refractivity (Wildman–Crippen MR) is 71.1 cm³/mol. The van der Waals surface area contributed by atoms with Crippen LogP contribution in [0, 0.1) is 11.8 Å². The molecule has 0 aromatic heterocycles. The maximum Gasteiger partial charge on any atom is 0.241 e. The number of ether oxygens (including phenoxy) is 1. The third kappa shape index (κ3) is 2.41.